The molecule has 12 nitrogen and oxygen atoms in total. The topological polar surface area (TPSA) is 202 Å². The van der Waals surface area contributed by atoms with E-state index in [0.717, 1.165) is 0 Å². The Morgan fingerprint density at radius 2 is 1.00 bits per heavy atom. The Labute approximate surface area is 132 Å². The standard InChI is InChI=1S/C12H12O12/c13-5(11(19)20)3-9(17)23-7(15)1-2-8(16)24-10(18)4-6(14)12(21)22/h1-2,5-6,13-14H,3-4H2,(H,19,20)(H,21,22)/b2-1+. The minimum absolute atomic E-state index is 0.369. The van der Waals surface area contributed by atoms with Gasteiger partial charge in [-0.05, 0) is 0 Å². The summed E-state index contributed by atoms with van der Waals surface area (Å²) in [4.78, 5) is 64.7. The molecule has 132 valence electrons. The van der Waals surface area contributed by atoms with Crippen molar-refractivity contribution in [3.63, 3.8) is 0 Å². The van der Waals surface area contributed by atoms with Crippen molar-refractivity contribution in [2.24, 2.45) is 0 Å². The maximum absolute atomic E-state index is 11.1. The zero-order valence-electron chi connectivity index (χ0n) is 11.8. The number of hydrogen-bond donors (Lipinski definition) is 4. The molecular weight excluding hydrogens is 336 g/mol. The molecule has 4 N–H and O–H groups in total. The van der Waals surface area contributed by atoms with E-state index in [1.54, 1.807) is 0 Å². The molecule has 0 spiro atoms. The van der Waals surface area contributed by atoms with Crippen LogP contribution in [0, 0.1) is 0 Å². The molecule has 0 aliphatic heterocycles. The molecule has 0 saturated carbocycles. The average molecular weight is 348 g/mol. The first kappa shape index (κ1) is 20.9. The fourth-order valence-corrected chi connectivity index (χ4v) is 1.00. The molecule has 0 aromatic heterocycles. The van der Waals surface area contributed by atoms with Gasteiger partial charge in [-0.15, -0.1) is 0 Å². The number of carbonyl (C=O) groups excluding carboxylic acids is 4. The molecule has 2 atom stereocenters. The van der Waals surface area contributed by atoms with E-state index in [2.05, 4.69) is 9.47 Å². The summed E-state index contributed by atoms with van der Waals surface area (Å²) in [5.74, 6) is -9.00. The van der Waals surface area contributed by atoms with Crippen LogP contribution in [0.4, 0.5) is 0 Å². The Morgan fingerprint density at radius 3 is 1.25 bits per heavy atom. The maximum atomic E-state index is 11.1. The first-order valence-corrected chi connectivity index (χ1v) is 6.02. The minimum Gasteiger partial charge on any atom is -0.479 e. The number of aliphatic hydroxyl groups is 2. The van der Waals surface area contributed by atoms with Gasteiger partial charge >= 0.3 is 35.8 Å². The van der Waals surface area contributed by atoms with Crippen molar-refractivity contribution in [2.75, 3.05) is 0 Å². The minimum atomic E-state index is -2.07. The predicted molar refractivity (Wildman–Crippen MR) is 67.9 cm³/mol. The Hall–Kier alpha value is -3.12. The van der Waals surface area contributed by atoms with Gasteiger partial charge in [-0.3, -0.25) is 9.59 Å². The molecule has 0 aliphatic carbocycles. The van der Waals surface area contributed by atoms with E-state index in [9.17, 15) is 28.8 Å². The Morgan fingerprint density at radius 1 is 0.708 bits per heavy atom. The summed E-state index contributed by atoms with van der Waals surface area (Å²) in [6.07, 6.45) is -5.42. The lowest BCUT2D eigenvalue weighted by molar-refractivity contribution is -0.163. The van der Waals surface area contributed by atoms with Crippen molar-refractivity contribution < 1.29 is 58.7 Å². The van der Waals surface area contributed by atoms with Gasteiger partial charge in [-0.1, -0.05) is 0 Å². The molecule has 0 amide bonds. The SMILES string of the molecule is O=C(/C=C/C(=O)OC(=O)CC(O)C(=O)O)OC(=O)CC(O)C(=O)O. The van der Waals surface area contributed by atoms with Crippen LogP contribution in [0.3, 0.4) is 0 Å². The van der Waals surface area contributed by atoms with Crippen molar-refractivity contribution in [2.45, 2.75) is 25.0 Å². The number of carboxylic acid groups (broad SMARTS) is 2. The van der Waals surface area contributed by atoms with Crippen LogP contribution < -0.4 is 0 Å². The zero-order valence-corrected chi connectivity index (χ0v) is 11.8. The largest absolute Gasteiger partial charge is 0.479 e. The summed E-state index contributed by atoms with van der Waals surface area (Å²) >= 11 is 0. The summed E-state index contributed by atoms with van der Waals surface area (Å²) in [6, 6.07) is 0. The van der Waals surface area contributed by atoms with E-state index in [0.29, 0.717) is 12.2 Å². The highest BCUT2D eigenvalue weighted by Gasteiger charge is 2.21. The lowest BCUT2D eigenvalue weighted by Gasteiger charge is -2.04. The maximum Gasteiger partial charge on any atom is 0.338 e. The second-order valence-electron chi connectivity index (χ2n) is 4.04. The third-order valence-corrected chi connectivity index (χ3v) is 2.07. The summed E-state index contributed by atoms with van der Waals surface area (Å²) in [5.41, 5.74) is 0. The van der Waals surface area contributed by atoms with Crippen LogP contribution in [0.15, 0.2) is 12.2 Å². The number of esters is 4. The molecule has 0 saturated heterocycles. The quantitative estimate of drug-likeness (QED) is 0.202. The fraction of sp³-hybridized carbons (Fsp3) is 0.333. The molecular formula is C12H12O12. The highest BCUT2D eigenvalue weighted by Crippen LogP contribution is 1.98. The highest BCUT2D eigenvalue weighted by atomic mass is 16.6. The number of rotatable bonds is 8. The van der Waals surface area contributed by atoms with E-state index in [1.165, 1.54) is 0 Å². The number of carboxylic acids is 2. The van der Waals surface area contributed by atoms with Crippen LogP contribution in [-0.2, 0) is 38.2 Å². The van der Waals surface area contributed by atoms with Gasteiger partial charge in [0.2, 0.25) is 0 Å². The molecule has 24 heavy (non-hydrogen) atoms. The predicted octanol–water partition coefficient (Wildman–Crippen LogP) is -2.65. The van der Waals surface area contributed by atoms with Gasteiger partial charge in [0.1, 0.15) is 0 Å². The van der Waals surface area contributed by atoms with Crippen molar-refractivity contribution in [3.05, 3.63) is 12.2 Å². The van der Waals surface area contributed by atoms with Crippen molar-refractivity contribution in [1.29, 1.82) is 0 Å². The molecule has 0 aromatic carbocycles. The van der Waals surface area contributed by atoms with E-state index < -0.39 is 60.9 Å². The van der Waals surface area contributed by atoms with Gasteiger partial charge in [0.25, 0.3) is 0 Å². The van der Waals surface area contributed by atoms with Crippen molar-refractivity contribution >= 4 is 35.8 Å². The van der Waals surface area contributed by atoms with E-state index in [1.807, 2.05) is 0 Å². The monoisotopic (exact) mass is 348 g/mol. The molecule has 0 radical (unpaired) electrons. The number of aliphatic hydroxyl groups excluding tert-OH is 2. The van der Waals surface area contributed by atoms with Gasteiger partial charge < -0.3 is 29.9 Å². The lowest BCUT2D eigenvalue weighted by atomic mass is 10.2. The Bertz CT molecular complexity index is 525. The fourth-order valence-electron chi connectivity index (χ4n) is 1.00. The van der Waals surface area contributed by atoms with E-state index in [-0.39, 0.29) is 0 Å². The Kier molecular flexibility index (Phi) is 8.53. The third-order valence-electron chi connectivity index (χ3n) is 2.07. The normalized spacial score (nSPS) is 12.9. The first-order chi connectivity index (χ1) is 11.0. The molecule has 0 aromatic rings. The van der Waals surface area contributed by atoms with Gasteiger partial charge in [0, 0.05) is 12.2 Å². The smallest absolute Gasteiger partial charge is 0.338 e. The number of hydrogen-bond acceptors (Lipinski definition) is 10. The van der Waals surface area contributed by atoms with Crippen LogP contribution >= 0.6 is 0 Å². The molecule has 0 rings (SSSR count). The molecule has 2 unspecified atom stereocenters. The van der Waals surface area contributed by atoms with Gasteiger partial charge in [0.05, 0.1) is 12.8 Å². The second kappa shape index (κ2) is 9.81. The van der Waals surface area contributed by atoms with Gasteiger partial charge in [-0.2, -0.15) is 0 Å². The zero-order chi connectivity index (χ0) is 18.9. The van der Waals surface area contributed by atoms with Crippen LogP contribution in [0.2, 0.25) is 0 Å². The Balaban J connectivity index is 4.32. The van der Waals surface area contributed by atoms with Gasteiger partial charge in [0.15, 0.2) is 12.2 Å². The number of carbonyl (C=O) groups is 6. The first-order valence-electron chi connectivity index (χ1n) is 6.02. The van der Waals surface area contributed by atoms with Crippen LogP contribution in [0.1, 0.15) is 12.8 Å². The van der Waals surface area contributed by atoms with E-state index in [4.69, 9.17) is 20.4 Å². The van der Waals surface area contributed by atoms with E-state index >= 15 is 0 Å². The number of ether oxygens (including phenoxy) is 2. The average Bonchev–Trinajstić information content (AvgIpc) is 2.44. The van der Waals surface area contributed by atoms with Crippen molar-refractivity contribution in [3.8, 4) is 0 Å². The second-order valence-corrected chi connectivity index (χ2v) is 4.04. The van der Waals surface area contributed by atoms with Crippen LogP contribution in [0.25, 0.3) is 0 Å². The molecule has 0 heterocycles. The lowest BCUT2D eigenvalue weighted by Crippen LogP contribution is -2.25. The van der Waals surface area contributed by atoms with Crippen molar-refractivity contribution in [1.82, 2.24) is 0 Å². The molecule has 0 aliphatic rings. The third kappa shape index (κ3) is 9.01. The summed E-state index contributed by atoms with van der Waals surface area (Å²) in [5, 5.41) is 34.3. The molecule has 0 fully saturated rings. The summed E-state index contributed by atoms with van der Waals surface area (Å²) in [6.45, 7) is 0. The summed E-state index contributed by atoms with van der Waals surface area (Å²) in [7, 11) is 0. The van der Waals surface area contributed by atoms with Gasteiger partial charge in [-0.25, -0.2) is 19.2 Å². The highest BCUT2D eigenvalue weighted by molar-refractivity contribution is 5.99. The van der Waals surface area contributed by atoms with Crippen LogP contribution in [0.5, 0.6) is 0 Å². The van der Waals surface area contributed by atoms with Crippen LogP contribution in [-0.4, -0.2) is 68.4 Å². The summed E-state index contributed by atoms with van der Waals surface area (Å²) < 4.78 is 8.05. The molecule has 0 bridgehead atoms. The molecule has 12 heteroatoms. The number of aliphatic carboxylic acids is 2.